The van der Waals surface area contributed by atoms with Crippen LogP contribution in [0.2, 0.25) is 0 Å². The second kappa shape index (κ2) is 7.04. The normalized spacial score (nSPS) is 10.8. The minimum absolute atomic E-state index is 0.612. The predicted molar refractivity (Wildman–Crippen MR) is 76.0 cm³/mol. The van der Waals surface area contributed by atoms with Crippen molar-refractivity contribution in [3.63, 3.8) is 0 Å². The molecule has 0 aliphatic heterocycles. The third-order valence-electron chi connectivity index (χ3n) is 3.07. The molecule has 0 bridgehead atoms. The van der Waals surface area contributed by atoms with Gasteiger partial charge >= 0.3 is 0 Å². The predicted octanol–water partition coefficient (Wildman–Crippen LogP) is 2.84. The molecule has 0 saturated heterocycles. The fourth-order valence-electron chi connectivity index (χ4n) is 1.90. The third kappa shape index (κ3) is 3.89. The molecule has 1 aromatic carbocycles. The zero-order valence-electron chi connectivity index (χ0n) is 11.6. The number of aromatic nitrogens is 2. The largest absolute Gasteiger partial charge is 0.421 e. The molecule has 0 unspecified atom stereocenters. The van der Waals surface area contributed by atoms with E-state index >= 15 is 0 Å². The molecular weight excluding hydrogens is 238 g/mol. The van der Waals surface area contributed by atoms with Gasteiger partial charge in [-0.3, -0.25) is 0 Å². The Labute approximate surface area is 114 Å². The molecule has 0 atom stereocenters. The molecule has 1 N–H and O–H groups in total. The molecule has 1 aromatic heterocycles. The lowest BCUT2D eigenvalue weighted by Gasteiger charge is -1.98. The summed E-state index contributed by atoms with van der Waals surface area (Å²) < 4.78 is 5.67. The zero-order valence-corrected chi connectivity index (χ0v) is 11.6. The molecule has 0 amide bonds. The van der Waals surface area contributed by atoms with Crippen molar-refractivity contribution in [3.8, 4) is 11.5 Å². The maximum Gasteiger partial charge on any atom is 0.247 e. The Balaban J connectivity index is 1.95. The van der Waals surface area contributed by atoms with Crippen LogP contribution in [0.5, 0.6) is 0 Å². The van der Waals surface area contributed by atoms with Crippen LogP contribution in [0.4, 0.5) is 0 Å². The maximum atomic E-state index is 5.67. The molecule has 0 aliphatic rings. The van der Waals surface area contributed by atoms with Crippen molar-refractivity contribution in [2.24, 2.45) is 0 Å². The summed E-state index contributed by atoms with van der Waals surface area (Å²) in [6, 6.07) is 8.28. The smallest absolute Gasteiger partial charge is 0.247 e. The van der Waals surface area contributed by atoms with E-state index in [-0.39, 0.29) is 0 Å². The number of aryl methyl sites for hydroxylation is 2. The summed E-state index contributed by atoms with van der Waals surface area (Å²) in [5, 5.41) is 11.5. The molecule has 2 rings (SSSR count). The van der Waals surface area contributed by atoms with Crippen molar-refractivity contribution in [1.82, 2.24) is 15.5 Å². The van der Waals surface area contributed by atoms with E-state index in [4.69, 9.17) is 4.42 Å². The van der Waals surface area contributed by atoms with Gasteiger partial charge < -0.3 is 9.73 Å². The SMILES string of the molecule is CCNCCCc1nnc(-c2ccc(CC)cc2)o1. The first-order valence-electron chi connectivity index (χ1n) is 6.96. The van der Waals surface area contributed by atoms with Crippen LogP contribution in [0.15, 0.2) is 28.7 Å². The van der Waals surface area contributed by atoms with Crippen LogP contribution < -0.4 is 5.32 Å². The highest BCUT2D eigenvalue weighted by Gasteiger charge is 2.07. The first-order valence-corrected chi connectivity index (χ1v) is 6.96. The Morgan fingerprint density at radius 2 is 1.89 bits per heavy atom. The van der Waals surface area contributed by atoms with Crippen molar-refractivity contribution in [1.29, 1.82) is 0 Å². The average Bonchev–Trinajstić information content (AvgIpc) is 2.92. The number of rotatable bonds is 7. The number of hydrogen-bond donors (Lipinski definition) is 1. The lowest BCUT2D eigenvalue weighted by Crippen LogP contribution is -2.14. The van der Waals surface area contributed by atoms with E-state index in [1.165, 1.54) is 5.56 Å². The van der Waals surface area contributed by atoms with Gasteiger partial charge in [0.15, 0.2) is 0 Å². The fraction of sp³-hybridized carbons (Fsp3) is 0.467. The highest BCUT2D eigenvalue weighted by Crippen LogP contribution is 2.19. The minimum atomic E-state index is 0.612. The van der Waals surface area contributed by atoms with Crippen LogP contribution >= 0.6 is 0 Å². The number of benzene rings is 1. The van der Waals surface area contributed by atoms with Crippen LogP contribution in [-0.2, 0) is 12.8 Å². The third-order valence-corrected chi connectivity index (χ3v) is 3.07. The van der Waals surface area contributed by atoms with Gasteiger partial charge in [0.05, 0.1) is 0 Å². The van der Waals surface area contributed by atoms with Gasteiger partial charge in [-0.15, -0.1) is 10.2 Å². The van der Waals surface area contributed by atoms with Gasteiger partial charge in [-0.2, -0.15) is 0 Å². The Kier molecular flexibility index (Phi) is 5.10. The van der Waals surface area contributed by atoms with Crippen molar-refractivity contribution in [3.05, 3.63) is 35.7 Å². The van der Waals surface area contributed by atoms with Crippen LogP contribution in [0, 0.1) is 0 Å². The van der Waals surface area contributed by atoms with E-state index in [2.05, 4.69) is 41.5 Å². The van der Waals surface area contributed by atoms with Gasteiger partial charge in [-0.05, 0) is 43.6 Å². The summed E-state index contributed by atoms with van der Waals surface area (Å²) in [5.41, 5.74) is 2.30. The lowest BCUT2D eigenvalue weighted by atomic mass is 10.1. The van der Waals surface area contributed by atoms with Gasteiger partial charge in [0.2, 0.25) is 11.8 Å². The molecule has 0 fully saturated rings. The fourth-order valence-corrected chi connectivity index (χ4v) is 1.90. The molecule has 19 heavy (non-hydrogen) atoms. The molecule has 102 valence electrons. The molecular formula is C15H21N3O. The van der Waals surface area contributed by atoms with Crippen molar-refractivity contribution in [2.45, 2.75) is 33.1 Å². The van der Waals surface area contributed by atoms with Gasteiger partial charge in [0.25, 0.3) is 0 Å². The van der Waals surface area contributed by atoms with Crippen LogP contribution in [0.1, 0.15) is 31.7 Å². The topological polar surface area (TPSA) is 51.0 Å². The summed E-state index contributed by atoms with van der Waals surface area (Å²) in [5.74, 6) is 1.33. The summed E-state index contributed by atoms with van der Waals surface area (Å²) in [7, 11) is 0. The molecule has 0 aliphatic carbocycles. The van der Waals surface area contributed by atoms with Crippen molar-refractivity contribution < 1.29 is 4.42 Å². The highest BCUT2D eigenvalue weighted by atomic mass is 16.4. The van der Waals surface area contributed by atoms with Crippen LogP contribution in [-0.4, -0.2) is 23.3 Å². The van der Waals surface area contributed by atoms with Gasteiger partial charge in [-0.25, -0.2) is 0 Å². The molecule has 2 aromatic rings. The average molecular weight is 259 g/mol. The summed E-state index contributed by atoms with van der Waals surface area (Å²) in [6.45, 7) is 6.23. The van der Waals surface area contributed by atoms with E-state index in [9.17, 15) is 0 Å². The van der Waals surface area contributed by atoms with Crippen LogP contribution in [0.3, 0.4) is 0 Å². The Bertz CT molecular complexity index is 490. The molecule has 0 saturated carbocycles. The van der Waals surface area contributed by atoms with E-state index < -0.39 is 0 Å². The quantitative estimate of drug-likeness (QED) is 0.777. The van der Waals surface area contributed by atoms with E-state index in [1.54, 1.807) is 0 Å². The van der Waals surface area contributed by atoms with Gasteiger partial charge in [-0.1, -0.05) is 26.0 Å². The van der Waals surface area contributed by atoms with E-state index in [0.29, 0.717) is 11.8 Å². The highest BCUT2D eigenvalue weighted by molar-refractivity contribution is 5.52. The first kappa shape index (κ1) is 13.7. The minimum Gasteiger partial charge on any atom is -0.421 e. The summed E-state index contributed by atoms with van der Waals surface area (Å²) >= 11 is 0. The van der Waals surface area contributed by atoms with Crippen molar-refractivity contribution in [2.75, 3.05) is 13.1 Å². The lowest BCUT2D eigenvalue weighted by molar-refractivity contribution is 0.492. The van der Waals surface area contributed by atoms with Gasteiger partial charge in [0.1, 0.15) is 0 Å². The maximum absolute atomic E-state index is 5.67. The summed E-state index contributed by atoms with van der Waals surface area (Å²) in [6.07, 6.45) is 2.89. The monoisotopic (exact) mass is 259 g/mol. The van der Waals surface area contributed by atoms with Crippen molar-refractivity contribution >= 4 is 0 Å². The summed E-state index contributed by atoms with van der Waals surface area (Å²) in [4.78, 5) is 0. The second-order valence-corrected chi connectivity index (χ2v) is 4.51. The number of nitrogens with zero attached hydrogens (tertiary/aromatic N) is 2. The Morgan fingerprint density at radius 1 is 1.11 bits per heavy atom. The van der Waals surface area contributed by atoms with E-state index in [0.717, 1.165) is 37.9 Å². The zero-order chi connectivity index (χ0) is 13.5. The van der Waals surface area contributed by atoms with Crippen LogP contribution in [0.25, 0.3) is 11.5 Å². The Hall–Kier alpha value is -1.68. The molecule has 0 spiro atoms. The molecule has 0 radical (unpaired) electrons. The van der Waals surface area contributed by atoms with E-state index in [1.807, 2.05) is 12.1 Å². The second-order valence-electron chi connectivity index (χ2n) is 4.51. The van der Waals surface area contributed by atoms with Gasteiger partial charge in [0, 0.05) is 12.0 Å². The number of nitrogens with one attached hydrogen (secondary N) is 1. The standard InChI is InChI=1S/C15H21N3O/c1-3-12-7-9-13(10-8-12)15-18-17-14(19-15)6-5-11-16-4-2/h7-10,16H,3-6,11H2,1-2H3. The first-order chi connectivity index (χ1) is 9.33. The Morgan fingerprint density at radius 3 is 2.58 bits per heavy atom. The molecule has 4 nitrogen and oxygen atoms in total. The molecule has 4 heteroatoms. The number of hydrogen-bond acceptors (Lipinski definition) is 4. The molecule has 1 heterocycles.